The average Bonchev–Trinajstić information content (AvgIpc) is 2.82. The van der Waals surface area contributed by atoms with Crippen molar-refractivity contribution in [3.63, 3.8) is 0 Å². The van der Waals surface area contributed by atoms with Crippen molar-refractivity contribution < 1.29 is 4.79 Å². The Labute approximate surface area is 111 Å². The highest BCUT2D eigenvalue weighted by molar-refractivity contribution is 5.94. The lowest BCUT2D eigenvalue weighted by Gasteiger charge is -2.05. The van der Waals surface area contributed by atoms with Gasteiger partial charge in [-0.15, -0.1) is 0 Å². The van der Waals surface area contributed by atoms with E-state index < -0.39 is 0 Å². The molecular weight excluding hydrogens is 244 g/mol. The lowest BCUT2D eigenvalue weighted by molar-refractivity contribution is 0.0950. The molecule has 1 amide bonds. The molecule has 7 heteroatoms. The smallest absolute Gasteiger partial charge is 0.251 e. The van der Waals surface area contributed by atoms with Crippen molar-refractivity contribution in [3.8, 4) is 0 Å². The number of amides is 1. The molecule has 0 bridgehead atoms. The number of carbonyl (C=O) groups is 1. The molecule has 7 nitrogen and oxygen atoms in total. The second-order valence-corrected chi connectivity index (χ2v) is 3.98. The minimum absolute atomic E-state index is 0.172. The number of hydrogen-bond donors (Lipinski definition) is 2. The van der Waals surface area contributed by atoms with E-state index in [9.17, 15) is 4.79 Å². The van der Waals surface area contributed by atoms with Gasteiger partial charge in [0.25, 0.3) is 5.91 Å². The molecule has 2 N–H and O–H groups in total. The van der Waals surface area contributed by atoms with E-state index >= 15 is 0 Å². The molecule has 0 unspecified atom stereocenters. The molecule has 2 aromatic rings. The van der Waals surface area contributed by atoms with Gasteiger partial charge in [0.05, 0.1) is 6.54 Å². The van der Waals surface area contributed by atoms with Crippen LogP contribution in [0, 0.1) is 0 Å². The van der Waals surface area contributed by atoms with Gasteiger partial charge in [0.1, 0.15) is 12.1 Å². The largest absolute Gasteiger partial charge is 0.370 e. The molecule has 0 spiro atoms. The summed E-state index contributed by atoms with van der Waals surface area (Å²) in [5.74, 6) is 1.09. The number of hydrogen-bond acceptors (Lipinski definition) is 5. The van der Waals surface area contributed by atoms with Gasteiger partial charge >= 0.3 is 0 Å². The van der Waals surface area contributed by atoms with Crippen molar-refractivity contribution in [1.29, 1.82) is 0 Å². The molecule has 0 aliphatic carbocycles. The second kappa shape index (κ2) is 5.94. The normalized spacial score (nSPS) is 10.2. The zero-order valence-corrected chi connectivity index (χ0v) is 10.9. The van der Waals surface area contributed by atoms with E-state index in [0.29, 0.717) is 23.8 Å². The first-order valence-corrected chi connectivity index (χ1v) is 6.01. The number of carbonyl (C=O) groups excluding carboxylic acids is 1. The van der Waals surface area contributed by atoms with Crippen molar-refractivity contribution in [2.45, 2.75) is 13.5 Å². The number of nitrogens with zero attached hydrogens (tertiary/aromatic N) is 4. The second-order valence-electron chi connectivity index (χ2n) is 3.98. The van der Waals surface area contributed by atoms with E-state index in [2.05, 4.69) is 25.7 Å². The first kappa shape index (κ1) is 13.0. The van der Waals surface area contributed by atoms with E-state index in [4.69, 9.17) is 0 Å². The highest BCUT2D eigenvalue weighted by atomic mass is 16.1. The maximum absolute atomic E-state index is 12.0. The van der Waals surface area contributed by atoms with Crippen LogP contribution < -0.4 is 10.6 Å². The Balaban J connectivity index is 1.97. The first-order valence-electron chi connectivity index (χ1n) is 6.01. The third kappa shape index (κ3) is 3.51. The molecule has 2 heterocycles. The predicted molar refractivity (Wildman–Crippen MR) is 70.6 cm³/mol. The average molecular weight is 260 g/mol. The zero-order chi connectivity index (χ0) is 13.7. The van der Waals surface area contributed by atoms with Gasteiger partial charge in [-0.05, 0) is 19.1 Å². The van der Waals surface area contributed by atoms with E-state index in [-0.39, 0.29) is 5.91 Å². The molecule has 0 aromatic carbocycles. The molecule has 0 aliphatic rings. The number of rotatable bonds is 5. The van der Waals surface area contributed by atoms with Crippen LogP contribution in [0.2, 0.25) is 0 Å². The summed E-state index contributed by atoms with van der Waals surface area (Å²) in [4.78, 5) is 20.1. The van der Waals surface area contributed by atoms with E-state index in [0.717, 1.165) is 6.54 Å². The number of anilines is 1. The maximum Gasteiger partial charge on any atom is 0.251 e. The van der Waals surface area contributed by atoms with Crippen LogP contribution in [0.3, 0.4) is 0 Å². The van der Waals surface area contributed by atoms with E-state index in [1.807, 2.05) is 6.92 Å². The molecule has 0 aliphatic heterocycles. The van der Waals surface area contributed by atoms with Crippen LogP contribution >= 0.6 is 0 Å². The summed E-state index contributed by atoms with van der Waals surface area (Å²) in [5.41, 5.74) is 0.557. The van der Waals surface area contributed by atoms with Crippen LogP contribution in [0.1, 0.15) is 23.1 Å². The molecule has 2 aromatic heterocycles. The van der Waals surface area contributed by atoms with Gasteiger partial charge in [0.2, 0.25) is 0 Å². The lowest BCUT2D eigenvalue weighted by atomic mass is 10.2. The van der Waals surface area contributed by atoms with Gasteiger partial charge in [-0.2, -0.15) is 5.10 Å². The number of aromatic nitrogens is 4. The van der Waals surface area contributed by atoms with E-state index in [1.165, 1.54) is 0 Å². The molecule has 100 valence electrons. The van der Waals surface area contributed by atoms with Gasteiger partial charge in [0, 0.05) is 25.4 Å². The Hall–Kier alpha value is -2.44. The third-order valence-electron chi connectivity index (χ3n) is 2.43. The summed E-state index contributed by atoms with van der Waals surface area (Å²) in [7, 11) is 1.78. The summed E-state index contributed by atoms with van der Waals surface area (Å²) < 4.78 is 1.59. The molecule has 0 fully saturated rings. The Morgan fingerprint density at radius 2 is 2.26 bits per heavy atom. The minimum atomic E-state index is -0.172. The van der Waals surface area contributed by atoms with E-state index in [1.54, 1.807) is 36.4 Å². The fourth-order valence-corrected chi connectivity index (χ4v) is 1.58. The van der Waals surface area contributed by atoms with Gasteiger partial charge in [-0.1, -0.05) is 0 Å². The topological polar surface area (TPSA) is 84.7 Å². The summed E-state index contributed by atoms with van der Waals surface area (Å²) in [6.07, 6.45) is 3.20. The number of nitrogens with one attached hydrogen (secondary N) is 2. The first-order chi connectivity index (χ1) is 9.19. The fraction of sp³-hybridized carbons (Fsp3) is 0.333. The Kier molecular flexibility index (Phi) is 4.07. The van der Waals surface area contributed by atoms with Gasteiger partial charge in [-0.25, -0.2) is 9.97 Å². The van der Waals surface area contributed by atoms with Crippen molar-refractivity contribution >= 4 is 11.7 Å². The summed E-state index contributed by atoms with van der Waals surface area (Å²) in [6, 6.07) is 3.38. The molecule has 19 heavy (non-hydrogen) atoms. The maximum atomic E-state index is 12.0. The molecule has 0 saturated heterocycles. The van der Waals surface area contributed by atoms with Crippen molar-refractivity contribution in [2.24, 2.45) is 7.05 Å². The highest BCUT2D eigenvalue weighted by Gasteiger charge is 2.07. The van der Waals surface area contributed by atoms with Crippen LogP contribution in [0.5, 0.6) is 0 Å². The molecular formula is C12H16N6O. The van der Waals surface area contributed by atoms with Crippen molar-refractivity contribution in [2.75, 3.05) is 11.9 Å². The van der Waals surface area contributed by atoms with Crippen LogP contribution in [-0.2, 0) is 13.6 Å². The monoisotopic (exact) mass is 260 g/mol. The Bertz CT molecular complexity index is 565. The lowest BCUT2D eigenvalue weighted by Crippen LogP contribution is -2.23. The van der Waals surface area contributed by atoms with Crippen LogP contribution in [0.25, 0.3) is 0 Å². The van der Waals surface area contributed by atoms with Crippen molar-refractivity contribution in [3.05, 3.63) is 36.0 Å². The number of pyridine rings is 1. The predicted octanol–water partition coefficient (Wildman–Crippen LogP) is 0.572. The van der Waals surface area contributed by atoms with Gasteiger partial charge in [-0.3, -0.25) is 9.48 Å². The molecule has 0 saturated carbocycles. The Morgan fingerprint density at radius 1 is 1.42 bits per heavy atom. The molecule has 0 atom stereocenters. The SMILES string of the molecule is CCNc1cc(C(=O)NCc2ncn(C)n2)ccn1. The quantitative estimate of drug-likeness (QED) is 0.821. The summed E-state index contributed by atoms with van der Waals surface area (Å²) >= 11 is 0. The van der Waals surface area contributed by atoms with Gasteiger partial charge < -0.3 is 10.6 Å². The number of aryl methyl sites for hydroxylation is 1. The summed E-state index contributed by atoms with van der Waals surface area (Å²) in [5, 5.41) is 9.92. The van der Waals surface area contributed by atoms with Gasteiger partial charge in [0.15, 0.2) is 5.82 Å². The standard InChI is InChI=1S/C12H16N6O/c1-3-13-10-6-9(4-5-14-10)12(19)15-7-11-16-8-18(2)17-11/h4-6,8H,3,7H2,1-2H3,(H,13,14)(H,15,19). The van der Waals surface area contributed by atoms with Crippen LogP contribution in [0.4, 0.5) is 5.82 Å². The minimum Gasteiger partial charge on any atom is -0.370 e. The summed E-state index contributed by atoms with van der Waals surface area (Å²) in [6.45, 7) is 3.04. The third-order valence-corrected chi connectivity index (χ3v) is 2.43. The zero-order valence-electron chi connectivity index (χ0n) is 10.9. The van der Waals surface area contributed by atoms with Crippen LogP contribution in [-0.4, -0.2) is 32.2 Å². The van der Waals surface area contributed by atoms with Crippen LogP contribution in [0.15, 0.2) is 24.7 Å². The fourth-order valence-electron chi connectivity index (χ4n) is 1.58. The molecule has 0 radical (unpaired) electrons. The Morgan fingerprint density at radius 3 is 2.95 bits per heavy atom. The highest BCUT2D eigenvalue weighted by Crippen LogP contribution is 2.06. The molecule has 2 rings (SSSR count). The van der Waals surface area contributed by atoms with Crippen molar-refractivity contribution in [1.82, 2.24) is 25.1 Å².